The van der Waals surface area contributed by atoms with Crippen molar-refractivity contribution in [2.45, 2.75) is 36.6 Å². The number of aromatic amines is 1. The molecule has 4 atom stereocenters. The fraction of sp³-hybridized carbons (Fsp3) is 0.381. The van der Waals surface area contributed by atoms with E-state index < -0.39 is 36.8 Å². The van der Waals surface area contributed by atoms with Gasteiger partial charge in [-0.25, -0.2) is 15.0 Å². The Labute approximate surface area is 190 Å². The summed E-state index contributed by atoms with van der Waals surface area (Å²) in [6, 6.07) is 7.85. The summed E-state index contributed by atoms with van der Waals surface area (Å²) < 4.78 is 47.4. The van der Waals surface area contributed by atoms with E-state index in [-0.39, 0.29) is 17.0 Å². The van der Waals surface area contributed by atoms with E-state index in [0.717, 1.165) is 33.7 Å². The molecule has 13 heteroatoms. The molecule has 1 fully saturated rings. The van der Waals surface area contributed by atoms with Crippen molar-refractivity contribution in [2.75, 3.05) is 18.5 Å². The molecule has 10 nitrogen and oxygen atoms in total. The molecule has 1 aromatic carbocycles. The number of fused-ring (bicyclic) bond motifs is 2. The molecule has 0 saturated carbocycles. The number of aliphatic hydroxyl groups excluding tert-OH is 2. The van der Waals surface area contributed by atoms with Crippen molar-refractivity contribution < 1.29 is 33.2 Å². The van der Waals surface area contributed by atoms with Gasteiger partial charge in [-0.2, -0.15) is 13.2 Å². The lowest BCUT2D eigenvalue weighted by Gasteiger charge is -2.33. The Morgan fingerprint density at radius 2 is 2.00 bits per heavy atom. The summed E-state index contributed by atoms with van der Waals surface area (Å²) in [6.07, 6.45) is -6.70. The molecule has 4 heterocycles. The van der Waals surface area contributed by atoms with Gasteiger partial charge in [-0.3, -0.25) is 4.57 Å². The summed E-state index contributed by atoms with van der Waals surface area (Å²) in [5.74, 6) is 0.288. The van der Waals surface area contributed by atoms with Crippen molar-refractivity contribution in [1.82, 2.24) is 24.5 Å². The number of para-hydroxylation sites is 1. The second kappa shape index (κ2) is 8.20. The molecule has 0 aliphatic carbocycles. The maximum absolute atomic E-state index is 13.8. The van der Waals surface area contributed by atoms with Crippen LogP contribution in [0.5, 0.6) is 0 Å². The molecule has 0 unspecified atom stereocenters. The average molecular weight is 478 g/mol. The Bertz CT molecular complexity index is 1320. The van der Waals surface area contributed by atoms with Crippen LogP contribution in [0, 0.1) is 0 Å². The SMILES string of the molecule is OC[C@H]1O[C@@H](n2cnc3c(NCCc4c[nH]c5ccccc45)ncnc32)[C@@](O)(C(F)(F)F)[C@@H]1O. The molecule has 5 N–H and O–H groups in total. The first kappa shape index (κ1) is 22.5. The van der Waals surface area contributed by atoms with Gasteiger partial charge in [0, 0.05) is 23.6 Å². The molecule has 34 heavy (non-hydrogen) atoms. The second-order valence-corrected chi connectivity index (χ2v) is 8.06. The standard InChI is InChI=1S/C21H21F3N6O4/c22-21(23,24)20(33)16(32)14(8-31)34-19(20)30-10-29-15-17(27-9-28-18(15)30)25-6-5-11-7-26-13-4-2-1-3-12(11)13/h1-4,7,9-10,14,16,19,26,31-33H,5-6,8H2,(H,25,27,28)/t14-,16-,19-,20-/m1/s1. The molecular formula is C21H21F3N6O4. The molecule has 1 aliphatic rings. The third-order valence-corrected chi connectivity index (χ3v) is 6.09. The van der Waals surface area contributed by atoms with Gasteiger partial charge >= 0.3 is 6.18 Å². The maximum Gasteiger partial charge on any atom is 0.424 e. The van der Waals surface area contributed by atoms with Crippen molar-refractivity contribution in [3.63, 3.8) is 0 Å². The average Bonchev–Trinajstić information content (AvgIpc) is 3.49. The van der Waals surface area contributed by atoms with Gasteiger partial charge in [-0.05, 0) is 18.1 Å². The normalized spacial score (nSPS) is 25.4. The lowest BCUT2D eigenvalue weighted by molar-refractivity contribution is -0.303. The van der Waals surface area contributed by atoms with Crippen LogP contribution in [0.2, 0.25) is 0 Å². The van der Waals surface area contributed by atoms with Crippen molar-refractivity contribution in [1.29, 1.82) is 0 Å². The molecule has 5 rings (SSSR count). The van der Waals surface area contributed by atoms with Gasteiger partial charge in [0.15, 0.2) is 23.2 Å². The summed E-state index contributed by atoms with van der Waals surface area (Å²) in [6.45, 7) is -0.461. The highest BCUT2D eigenvalue weighted by Crippen LogP contribution is 2.49. The quantitative estimate of drug-likeness (QED) is 0.281. The monoisotopic (exact) mass is 478 g/mol. The molecule has 0 bridgehead atoms. The maximum atomic E-state index is 13.8. The van der Waals surface area contributed by atoms with Crippen LogP contribution in [0.15, 0.2) is 43.1 Å². The molecule has 0 spiro atoms. The second-order valence-electron chi connectivity index (χ2n) is 8.06. The highest BCUT2D eigenvalue weighted by atomic mass is 19.4. The lowest BCUT2D eigenvalue weighted by Crippen LogP contribution is -2.57. The van der Waals surface area contributed by atoms with E-state index in [1.54, 1.807) is 0 Å². The summed E-state index contributed by atoms with van der Waals surface area (Å²) >= 11 is 0. The van der Waals surface area contributed by atoms with E-state index in [1.807, 2.05) is 30.5 Å². The lowest BCUT2D eigenvalue weighted by atomic mass is 9.93. The Hall–Kier alpha value is -3.26. The minimum atomic E-state index is -5.26. The van der Waals surface area contributed by atoms with Gasteiger partial charge in [-0.1, -0.05) is 18.2 Å². The van der Waals surface area contributed by atoms with Crippen molar-refractivity contribution in [2.24, 2.45) is 0 Å². The number of aromatic nitrogens is 5. The number of H-pyrrole nitrogens is 1. The predicted molar refractivity (Wildman–Crippen MR) is 114 cm³/mol. The Balaban J connectivity index is 1.42. The van der Waals surface area contributed by atoms with Gasteiger partial charge in [0.25, 0.3) is 0 Å². The fourth-order valence-electron chi connectivity index (χ4n) is 4.31. The number of rotatable bonds is 6. The number of nitrogens with zero attached hydrogens (tertiary/aromatic N) is 4. The Morgan fingerprint density at radius 1 is 1.21 bits per heavy atom. The minimum absolute atomic E-state index is 0.0388. The van der Waals surface area contributed by atoms with Gasteiger partial charge in [-0.15, -0.1) is 0 Å². The first-order chi connectivity index (χ1) is 16.3. The summed E-state index contributed by atoms with van der Waals surface area (Å²) in [4.78, 5) is 15.5. The van der Waals surface area contributed by atoms with Crippen molar-refractivity contribution in [3.8, 4) is 0 Å². The largest absolute Gasteiger partial charge is 0.424 e. The first-order valence-corrected chi connectivity index (χ1v) is 10.5. The number of benzene rings is 1. The van der Waals surface area contributed by atoms with Crippen LogP contribution in [0.3, 0.4) is 0 Å². The third-order valence-electron chi connectivity index (χ3n) is 6.09. The summed E-state index contributed by atoms with van der Waals surface area (Å²) in [5, 5.41) is 34.1. The van der Waals surface area contributed by atoms with E-state index in [2.05, 4.69) is 25.3 Å². The van der Waals surface area contributed by atoms with Crippen LogP contribution in [-0.4, -0.2) is 77.0 Å². The molecular weight excluding hydrogens is 457 g/mol. The van der Waals surface area contributed by atoms with Gasteiger partial charge in [0.05, 0.1) is 12.9 Å². The molecule has 3 aromatic heterocycles. The molecule has 180 valence electrons. The van der Waals surface area contributed by atoms with E-state index in [1.165, 1.54) is 0 Å². The number of ether oxygens (including phenoxy) is 1. The number of halogens is 3. The number of imidazole rings is 1. The smallest absolute Gasteiger partial charge is 0.394 e. The zero-order chi connectivity index (χ0) is 24.1. The number of aliphatic hydroxyl groups is 3. The van der Waals surface area contributed by atoms with E-state index in [0.29, 0.717) is 13.0 Å². The van der Waals surface area contributed by atoms with Crippen LogP contribution in [-0.2, 0) is 11.2 Å². The topological polar surface area (TPSA) is 141 Å². The highest BCUT2D eigenvalue weighted by molar-refractivity contribution is 5.84. The van der Waals surface area contributed by atoms with Crippen LogP contribution in [0.1, 0.15) is 11.8 Å². The molecule has 1 saturated heterocycles. The van der Waals surface area contributed by atoms with Crippen molar-refractivity contribution in [3.05, 3.63) is 48.7 Å². The molecule has 4 aromatic rings. The molecule has 0 radical (unpaired) electrons. The Morgan fingerprint density at radius 3 is 2.76 bits per heavy atom. The van der Waals surface area contributed by atoms with Crippen LogP contribution < -0.4 is 5.32 Å². The zero-order valence-corrected chi connectivity index (χ0v) is 17.6. The number of nitrogens with one attached hydrogen (secondary N) is 2. The van der Waals surface area contributed by atoms with Gasteiger partial charge in [0.2, 0.25) is 5.60 Å². The number of hydrogen-bond acceptors (Lipinski definition) is 8. The zero-order valence-electron chi connectivity index (χ0n) is 17.6. The van der Waals surface area contributed by atoms with Crippen LogP contribution >= 0.6 is 0 Å². The van der Waals surface area contributed by atoms with E-state index in [9.17, 15) is 28.5 Å². The number of hydrogen-bond donors (Lipinski definition) is 5. The van der Waals surface area contributed by atoms with Crippen LogP contribution in [0.25, 0.3) is 22.1 Å². The minimum Gasteiger partial charge on any atom is -0.394 e. The molecule has 0 amide bonds. The number of anilines is 1. The first-order valence-electron chi connectivity index (χ1n) is 10.5. The third kappa shape index (κ3) is 3.39. The van der Waals surface area contributed by atoms with Gasteiger partial charge < -0.3 is 30.4 Å². The van der Waals surface area contributed by atoms with Crippen LogP contribution in [0.4, 0.5) is 19.0 Å². The van der Waals surface area contributed by atoms with Crippen molar-refractivity contribution >= 4 is 27.9 Å². The fourth-order valence-corrected chi connectivity index (χ4v) is 4.31. The highest BCUT2D eigenvalue weighted by Gasteiger charge is 2.70. The van der Waals surface area contributed by atoms with E-state index >= 15 is 0 Å². The van der Waals surface area contributed by atoms with Gasteiger partial charge in [0.1, 0.15) is 18.5 Å². The van der Waals surface area contributed by atoms with E-state index in [4.69, 9.17) is 4.74 Å². The summed E-state index contributed by atoms with van der Waals surface area (Å²) in [7, 11) is 0. The number of alkyl halides is 3. The summed E-state index contributed by atoms with van der Waals surface area (Å²) in [5.41, 5.74) is -1.46. The molecule has 1 aliphatic heterocycles. The predicted octanol–water partition coefficient (Wildman–Crippen LogP) is 1.51. The Kier molecular flexibility index (Phi) is 5.43.